The van der Waals surface area contributed by atoms with Crippen molar-refractivity contribution in [3.05, 3.63) is 70.1 Å². The van der Waals surface area contributed by atoms with Gasteiger partial charge < -0.3 is 9.73 Å². The smallest absolute Gasteiger partial charge is 0.287 e. The largest absolute Gasteiger partial charge is 0.451 e. The molecule has 0 unspecified atom stereocenters. The Labute approximate surface area is 135 Å². The minimum absolute atomic E-state index is 0.271. The number of nitrogens with one attached hydrogen (secondary N) is 1. The van der Waals surface area contributed by atoms with Crippen molar-refractivity contribution in [1.29, 1.82) is 0 Å². The molecule has 0 radical (unpaired) electrons. The normalized spacial score (nSPS) is 10.8. The fourth-order valence-electron chi connectivity index (χ4n) is 2.22. The molecule has 0 aliphatic carbocycles. The summed E-state index contributed by atoms with van der Waals surface area (Å²) in [5.41, 5.74) is 1.50. The molecule has 1 aromatic heterocycles. The zero-order valence-corrected chi connectivity index (χ0v) is 13.2. The Bertz CT molecular complexity index is 828. The molecule has 0 bridgehead atoms. The summed E-state index contributed by atoms with van der Waals surface area (Å²) in [5.74, 6) is -0.275. The van der Waals surface area contributed by atoms with Crippen molar-refractivity contribution in [3.63, 3.8) is 0 Å². The molecule has 2 aromatic carbocycles. The lowest BCUT2D eigenvalue weighted by Gasteiger charge is -2.03. The van der Waals surface area contributed by atoms with Crippen LogP contribution in [0, 0.1) is 5.82 Å². The molecular weight excluding hydrogens is 349 g/mol. The summed E-state index contributed by atoms with van der Waals surface area (Å²) in [6.45, 7) is 0.420. The van der Waals surface area contributed by atoms with Crippen molar-refractivity contribution >= 4 is 32.8 Å². The number of benzene rings is 2. The minimum Gasteiger partial charge on any atom is -0.451 e. The Morgan fingerprint density at radius 1 is 1.18 bits per heavy atom. The zero-order chi connectivity index (χ0) is 15.5. The Morgan fingerprint density at radius 3 is 2.86 bits per heavy atom. The fraction of sp³-hybridized carbons (Fsp3) is 0.118. The molecule has 3 nitrogen and oxygen atoms in total. The molecular formula is C17H13BrFNO2. The predicted molar refractivity (Wildman–Crippen MR) is 86.4 cm³/mol. The van der Waals surface area contributed by atoms with Gasteiger partial charge in [-0.1, -0.05) is 28.1 Å². The summed E-state index contributed by atoms with van der Waals surface area (Å²) < 4.78 is 19.5. The van der Waals surface area contributed by atoms with Crippen molar-refractivity contribution in [3.8, 4) is 0 Å². The minimum atomic E-state index is -0.274. The third-order valence-corrected chi connectivity index (χ3v) is 3.79. The second-order valence-corrected chi connectivity index (χ2v) is 5.84. The van der Waals surface area contributed by atoms with Crippen molar-refractivity contribution in [2.45, 2.75) is 6.42 Å². The molecule has 0 saturated carbocycles. The topological polar surface area (TPSA) is 42.2 Å². The number of hydrogen-bond acceptors (Lipinski definition) is 2. The van der Waals surface area contributed by atoms with Crippen molar-refractivity contribution in [2.75, 3.05) is 6.54 Å². The first kappa shape index (κ1) is 14.8. The van der Waals surface area contributed by atoms with Crippen LogP contribution >= 0.6 is 15.9 Å². The molecule has 22 heavy (non-hydrogen) atoms. The molecule has 0 fully saturated rings. The molecule has 0 saturated heterocycles. The first-order valence-electron chi connectivity index (χ1n) is 6.83. The Morgan fingerprint density at radius 2 is 2.05 bits per heavy atom. The van der Waals surface area contributed by atoms with Gasteiger partial charge in [0, 0.05) is 16.4 Å². The highest BCUT2D eigenvalue weighted by Gasteiger charge is 2.12. The third kappa shape index (κ3) is 3.36. The van der Waals surface area contributed by atoms with E-state index in [0.717, 1.165) is 15.4 Å². The number of furan rings is 1. The number of rotatable bonds is 4. The van der Waals surface area contributed by atoms with Gasteiger partial charge in [0.2, 0.25) is 0 Å². The van der Waals surface area contributed by atoms with Gasteiger partial charge in [-0.15, -0.1) is 0 Å². The van der Waals surface area contributed by atoms with E-state index in [1.807, 2.05) is 24.3 Å². The summed E-state index contributed by atoms with van der Waals surface area (Å²) in [5, 5.41) is 3.65. The van der Waals surface area contributed by atoms with E-state index in [1.165, 1.54) is 12.1 Å². The second kappa shape index (κ2) is 6.32. The molecule has 3 aromatic rings. The Balaban J connectivity index is 1.63. The van der Waals surface area contributed by atoms with Crippen LogP contribution in [0.25, 0.3) is 11.0 Å². The average molecular weight is 362 g/mol. The van der Waals surface area contributed by atoms with Crippen LogP contribution in [-0.2, 0) is 6.42 Å². The van der Waals surface area contributed by atoms with Gasteiger partial charge in [-0.05, 0) is 48.4 Å². The van der Waals surface area contributed by atoms with Gasteiger partial charge in [0.05, 0.1) is 0 Å². The molecule has 1 N–H and O–H groups in total. The number of halogens is 2. The van der Waals surface area contributed by atoms with Crippen molar-refractivity contribution in [2.24, 2.45) is 0 Å². The maximum Gasteiger partial charge on any atom is 0.287 e. The SMILES string of the molecule is O=C(NCCc1cccc(F)c1)c1cc2ccc(Br)cc2o1. The predicted octanol–water partition coefficient (Wildman–Crippen LogP) is 4.31. The summed E-state index contributed by atoms with van der Waals surface area (Å²) in [6.07, 6.45) is 0.565. The first-order chi connectivity index (χ1) is 10.6. The van der Waals surface area contributed by atoms with E-state index in [2.05, 4.69) is 21.2 Å². The summed E-state index contributed by atoms with van der Waals surface area (Å²) in [4.78, 5) is 12.1. The van der Waals surface area contributed by atoms with Gasteiger partial charge >= 0.3 is 0 Å². The molecule has 3 rings (SSSR count). The molecule has 1 amide bonds. The molecule has 0 aliphatic rings. The van der Waals surface area contributed by atoms with Crippen LogP contribution in [0.2, 0.25) is 0 Å². The molecule has 1 heterocycles. The highest BCUT2D eigenvalue weighted by molar-refractivity contribution is 9.10. The van der Waals surface area contributed by atoms with Gasteiger partial charge in [0.25, 0.3) is 5.91 Å². The van der Waals surface area contributed by atoms with Crippen LogP contribution in [0.4, 0.5) is 4.39 Å². The second-order valence-electron chi connectivity index (χ2n) is 4.93. The van der Waals surface area contributed by atoms with E-state index >= 15 is 0 Å². The average Bonchev–Trinajstić information content (AvgIpc) is 2.90. The van der Waals surface area contributed by atoms with Crippen molar-refractivity contribution < 1.29 is 13.6 Å². The van der Waals surface area contributed by atoms with E-state index in [0.29, 0.717) is 18.5 Å². The maximum atomic E-state index is 13.1. The standard InChI is InChI=1S/C17H13BrFNO2/c18-13-5-4-12-9-16(22-15(12)10-13)17(21)20-7-6-11-2-1-3-14(19)8-11/h1-5,8-10H,6-7H2,(H,20,21). The Hall–Kier alpha value is -2.14. The van der Waals surface area contributed by atoms with Gasteiger partial charge in [-0.3, -0.25) is 4.79 Å². The lowest BCUT2D eigenvalue weighted by molar-refractivity contribution is 0.0928. The Kier molecular flexibility index (Phi) is 4.24. The van der Waals surface area contributed by atoms with Gasteiger partial charge in [-0.2, -0.15) is 0 Å². The number of fused-ring (bicyclic) bond motifs is 1. The van der Waals surface area contributed by atoms with Crippen molar-refractivity contribution in [1.82, 2.24) is 5.32 Å². The van der Waals surface area contributed by atoms with E-state index in [9.17, 15) is 9.18 Å². The van der Waals surface area contributed by atoms with Crippen LogP contribution in [0.1, 0.15) is 16.1 Å². The summed E-state index contributed by atoms with van der Waals surface area (Å²) in [7, 11) is 0. The van der Waals surface area contributed by atoms with Crippen LogP contribution in [0.5, 0.6) is 0 Å². The first-order valence-corrected chi connectivity index (χ1v) is 7.63. The van der Waals surface area contributed by atoms with Gasteiger partial charge in [0.1, 0.15) is 11.4 Å². The van der Waals surface area contributed by atoms with Gasteiger partial charge in [0.15, 0.2) is 5.76 Å². The van der Waals surface area contributed by atoms with Crippen LogP contribution in [0.3, 0.4) is 0 Å². The zero-order valence-electron chi connectivity index (χ0n) is 11.6. The highest BCUT2D eigenvalue weighted by atomic mass is 79.9. The molecule has 0 atom stereocenters. The molecule has 5 heteroatoms. The molecule has 0 spiro atoms. The molecule has 112 valence electrons. The number of carbonyl (C=O) groups excluding carboxylic acids is 1. The lowest BCUT2D eigenvalue weighted by atomic mass is 10.1. The lowest BCUT2D eigenvalue weighted by Crippen LogP contribution is -2.25. The van der Waals surface area contributed by atoms with Crippen LogP contribution in [-0.4, -0.2) is 12.5 Å². The van der Waals surface area contributed by atoms with E-state index in [1.54, 1.807) is 12.1 Å². The summed E-state index contributed by atoms with van der Waals surface area (Å²) in [6, 6.07) is 13.6. The van der Waals surface area contributed by atoms with E-state index < -0.39 is 0 Å². The number of amides is 1. The number of carbonyl (C=O) groups is 1. The maximum absolute atomic E-state index is 13.1. The monoisotopic (exact) mass is 361 g/mol. The third-order valence-electron chi connectivity index (χ3n) is 3.29. The highest BCUT2D eigenvalue weighted by Crippen LogP contribution is 2.23. The van der Waals surface area contributed by atoms with Crippen LogP contribution < -0.4 is 5.32 Å². The number of hydrogen-bond donors (Lipinski definition) is 1. The molecule has 0 aliphatic heterocycles. The van der Waals surface area contributed by atoms with Gasteiger partial charge in [-0.25, -0.2) is 4.39 Å². The van der Waals surface area contributed by atoms with Crippen LogP contribution in [0.15, 0.2) is 57.4 Å². The van der Waals surface area contributed by atoms with E-state index in [4.69, 9.17) is 4.42 Å². The fourth-order valence-corrected chi connectivity index (χ4v) is 2.56. The quantitative estimate of drug-likeness (QED) is 0.752. The summed E-state index contributed by atoms with van der Waals surface area (Å²) >= 11 is 3.36. The van der Waals surface area contributed by atoms with E-state index in [-0.39, 0.29) is 17.5 Å².